The van der Waals surface area contributed by atoms with E-state index in [0.717, 1.165) is 10.4 Å². The average Bonchev–Trinajstić information content (AvgIpc) is 2.44. The minimum atomic E-state index is -4.64. The van der Waals surface area contributed by atoms with Gasteiger partial charge in [-0.3, -0.25) is 4.31 Å². The molecule has 2 rings (SSSR count). The Balaban J connectivity index is 2.77. The monoisotopic (exact) mass is 318 g/mol. The SMILES string of the molecule is CCS(=O)(=O)N(C)c1cc(C(F)(F)F)nc2ccccc12. The van der Waals surface area contributed by atoms with Crippen LogP contribution in [0.3, 0.4) is 0 Å². The molecule has 0 radical (unpaired) electrons. The van der Waals surface area contributed by atoms with E-state index in [-0.39, 0.29) is 17.0 Å². The number of sulfonamides is 1. The molecular formula is C13H13F3N2O2S. The van der Waals surface area contributed by atoms with Crippen LogP contribution in [-0.4, -0.2) is 26.2 Å². The van der Waals surface area contributed by atoms with Crippen LogP contribution in [0.25, 0.3) is 10.9 Å². The third kappa shape index (κ3) is 2.94. The lowest BCUT2D eigenvalue weighted by Crippen LogP contribution is -2.28. The first-order valence-corrected chi connectivity index (χ1v) is 7.71. The van der Waals surface area contributed by atoms with E-state index in [4.69, 9.17) is 0 Å². The maximum absolute atomic E-state index is 12.9. The predicted molar refractivity (Wildman–Crippen MR) is 74.6 cm³/mol. The van der Waals surface area contributed by atoms with Crippen molar-refractivity contribution in [3.8, 4) is 0 Å². The fourth-order valence-corrected chi connectivity index (χ4v) is 2.74. The summed E-state index contributed by atoms with van der Waals surface area (Å²) in [7, 11) is -2.43. The Bertz CT molecular complexity index is 773. The fraction of sp³-hybridized carbons (Fsp3) is 0.308. The molecule has 4 nitrogen and oxygen atoms in total. The molecule has 0 N–H and O–H groups in total. The predicted octanol–water partition coefficient (Wildman–Crippen LogP) is 3.04. The standard InChI is InChI=1S/C13H13F3N2O2S/c1-3-21(19,20)18(2)11-8-12(13(14,15)16)17-10-7-5-4-6-9(10)11/h4-8H,3H2,1-2H3. The summed E-state index contributed by atoms with van der Waals surface area (Å²) in [5.41, 5.74) is -1.05. The highest BCUT2D eigenvalue weighted by molar-refractivity contribution is 7.92. The van der Waals surface area contributed by atoms with Gasteiger partial charge in [0.25, 0.3) is 0 Å². The van der Waals surface area contributed by atoms with Gasteiger partial charge in [-0.25, -0.2) is 13.4 Å². The Kier molecular flexibility index (Phi) is 3.83. The van der Waals surface area contributed by atoms with Crippen molar-refractivity contribution in [1.29, 1.82) is 0 Å². The zero-order chi connectivity index (χ0) is 15.8. The zero-order valence-corrected chi connectivity index (χ0v) is 12.2. The quantitative estimate of drug-likeness (QED) is 0.874. The van der Waals surface area contributed by atoms with Crippen LogP contribution in [0, 0.1) is 0 Å². The van der Waals surface area contributed by atoms with Crippen molar-refractivity contribution in [3.05, 3.63) is 36.0 Å². The second-order valence-electron chi connectivity index (χ2n) is 4.41. The molecule has 2 aromatic rings. The van der Waals surface area contributed by atoms with Crippen molar-refractivity contribution in [3.63, 3.8) is 0 Å². The van der Waals surface area contributed by atoms with E-state index in [1.165, 1.54) is 20.0 Å². The lowest BCUT2D eigenvalue weighted by atomic mass is 10.1. The summed E-state index contributed by atoms with van der Waals surface area (Å²) < 4.78 is 63.4. The number of benzene rings is 1. The van der Waals surface area contributed by atoms with E-state index >= 15 is 0 Å². The molecule has 21 heavy (non-hydrogen) atoms. The van der Waals surface area contributed by atoms with E-state index in [2.05, 4.69) is 4.98 Å². The highest BCUT2D eigenvalue weighted by Crippen LogP contribution is 2.34. The van der Waals surface area contributed by atoms with Crippen LogP contribution >= 0.6 is 0 Å². The maximum Gasteiger partial charge on any atom is 0.433 e. The molecule has 0 unspecified atom stereocenters. The number of pyridine rings is 1. The van der Waals surface area contributed by atoms with Gasteiger partial charge in [-0.15, -0.1) is 0 Å². The number of nitrogens with zero attached hydrogens (tertiary/aromatic N) is 2. The van der Waals surface area contributed by atoms with Gasteiger partial charge in [0.1, 0.15) is 5.69 Å². The van der Waals surface area contributed by atoms with Crippen LogP contribution < -0.4 is 4.31 Å². The Morgan fingerprint density at radius 3 is 2.43 bits per heavy atom. The molecule has 0 amide bonds. The zero-order valence-electron chi connectivity index (χ0n) is 11.3. The molecule has 0 bridgehead atoms. The first-order chi connectivity index (χ1) is 9.66. The summed E-state index contributed by atoms with van der Waals surface area (Å²) >= 11 is 0. The van der Waals surface area contributed by atoms with E-state index in [1.807, 2.05) is 0 Å². The largest absolute Gasteiger partial charge is 0.433 e. The van der Waals surface area contributed by atoms with Crippen LogP contribution in [0.1, 0.15) is 12.6 Å². The molecule has 0 spiro atoms. The van der Waals surface area contributed by atoms with Gasteiger partial charge in [-0.05, 0) is 19.1 Å². The number of fused-ring (bicyclic) bond motifs is 1. The summed E-state index contributed by atoms with van der Waals surface area (Å²) in [5, 5.41) is 0.352. The molecule has 0 fully saturated rings. The molecule has 8 heteroatoms. The first-order valence-electron chi connectivity index (χ1n) is 6.10. The average molecular weight is 318 g/mol. The highest BCUT2D eigenvalue weighted by atomic mass is 32.2. The lowest BCUT2D eigenvalue weighted by Gasteiger charge is -2.21. The van der Waals surface area contributed by atoms with Crippen molar-refractivity contribution in [1.82, 2.24) is 4.98 Å². The number of anilines is 1. The molecule has 0 saturated heterocycles. The van der Waals surface area contributed by atoms with Crippen LogP contribution in [-0.2, 0) is 16.2 Å². The molecule has 0 aliphatic rings. The van der Waals surface area contributed by atoms with E-state index in [1.54, 1.807) is 18.2 Å². The van der Waals surface area contributed by atoms with E-state index in [0.29, 0.717) is 5.39 Å². The second-order valence-corrected chi connectivity index (χ2v) is 6.70. The van der Waals surface area contributed by atoms with Crippen LogP contribution in [0.5, 0.6) is 0 Å². The molecule has 0 atom stereocenters. The molecule has 0 saturated carbocycles. The van der Waals surface area contributed by atoms with Gasteiger partial charge in [0.15, 0.2) is 0 Å². The molecule has 1 heterocycles. The van der Waals surface area contributed by atoms with Crippen LogP contribution in [0.2, 0.25) is 0 Å². The molecular weight excluding hydrogens is 305 g/mol. The third-order valence-electron chi connectivity index (χ3n) is 3.11. The number of hydrogen-bond donors (Lipinski definition) is 0. The second kappa shape index (κ2) is 5.18. The van der Waals surface area contributed by atoms with E-state index < -0.39 is 21.9 Å². The van der Waals surface area contributed by atoms with Crippen molar-refractivity contribution in [2.75, 3.05) is 17.1 Å². The Morgan fingerprint density at radius 2 is 1.86 bits per heavy atom. The van der Waals surface area contributed by atoms with Gasteiger partial charge in [0, 0.05) is 12.4 Å². The Hall–Kier alpha value is -1.83. The van der Waals surface area contributed by atoms with Gasteiger partial charge in [-0.2, -0.15) is 13.2 Å². The van der Waals surface area contributed by atoms with Gasteiger partial charge in [0.05, 0.1) is 17.0 Å². The summed E-state index contributed by atoms with van der Waals surface area (Å²) in [6.07, 6.45) is -4.64. The van der Waals surface area contributed by atoms with Crippen molar-refractivity contribution in [2.24, 2.45) is 0 Å². The number of para-hydroxylation sites is 1. The summed E-state index contributed by atoms with van der Waals surface area (Å²) in [6, 6.07) is 6.89. The lowest BCUT2D eigenvalue weighted by molar-refractivity contribution is -0.140. The Morgan fingerprint density at radius 1 is 1.24 bits per heavy atom. The maximum atomic E-state index is 12.9. The smallest absolute Gasteiger partial charge is 0.273 e. The first kappa shape index (κ1) is 15.6. The normalized spacial score (nSPS) is 12.6. The number of rotatable bonds is 3. The third-order valence-corrected chi connectivity index (χ3v) is 4.87. The van der Waals surface area contributed by atoms with Gasteiger partial charge < -0.3 is 0 Å². The van der Waals surface area contributed by atoms with Crippen molar-refractivity contribution < 1.29 is 21.6 Å². The summed E-state index contributed by atoms with van der Waals surface area (Å²) in [6.45, 7) is 1.43. The molecule has 1 aromatic heterocycles. The molecule has 0 aliphatic heterocycles. The number of alkyl halides is 3. The highest BCUT2D eigenvalue weighted by Gasteiger charge is 2.34. The van der Waals surface area contributed by atoms with Crippen molar-refractivity contribution >= 4 is 26.6 Å². The van der Waals surface area contributed by atoms with Crippen LogP contribution in [0.15, 0.2) is 30.3 Å². The number of aromatic nitrogens is 1. The van der Waals surface area contributed by atoms with E-state index in [9.17, 15) is 21.6 Å². The number of hydrogen-bond acceptors (Lipinski definition) is 3. The van der Waals surface area contributed by atoms with Gasteiger partial charge in [-0.1, -0.05) is 18.2 Å². The minimum absolute atomic E-state index is 0.0326. The molecule has 114 valence electrons. The molecule has 1 aromatic carbocycles. The summed E-state index contributed by atoms with van der Waals surface area (Å²) in [5.74, 6) is -0.207. The molecule has 0 aliphatic carbocycles. The fourth-order valence-electron chi connectivity index (χ4n) is 1.91. The minimum Gasteiger partial charge on any atom is -0.273 e. The number of halogens is 3. The van der Waals surface area contributed by atoms with Gasteiger partial charge >= 0.3 is 6.18 Å². The van der Waals surface area contributed by atoms with Crippen molar-refractivity contribution in [2.45, 2.75) is 13.1 Å². The van der Waals surface area contributed by atoms with Gasteiger partial charge in [0.2, 0.25) is 10.0 Å². The van der Waals surface area contributed by atoms with Crippen LogP contribution in [0.4, 0.5) is 18.9 Å². The Labute approximate surface area is 120 Å². The topological polar surface area (TPSA) is 50.3 Å². The summed E-state index contributed by atoms with van der Waals surface area (Å²) in [4.78, 5) is 3.55.